The lowest BCUT2D eigenvalue weighted by Crippen LogP contribution is -2.19. The topological polar surface area (TPSA) is 49.7 Å². The zero-order chi connectivity index (χ0) is 10.4. The van der Waals surface area contributed by atoms with Gasteiger partial charge in [-0.25, -0.2) is 0 Å². The first kappa shape index (κ1) is 11.0. The van der Waals surface area contributed by atoms with Gasteiger partial charge in [0.25, 0.3) is 0 Å². The maximum Gasteiger partial charge on any atom is 0.119 e. The van der Waals surface area contributed by atoms with Crippen molar-refractivity contribution in [2.45, 2.75) is 6.92 Å². The average molecular weight is 195 g/mol. The summed E-state index contributed by atoms with van der Waals surface area (Å²) in [5.74, 6) is 0.535. The third-order valence-corrected chi connectivity index (χ3v) is 1.92. The van der Waals surface area contributed by atoms with Crippen LogP contribution in [0, 0.1) is 18.9 Å². The Morgan fingerprint density at radius 3 is 2.71 bits per heavy atom. The molecular weight excluding hydrogens is 180 g/mol. The fraction of sp³-hybridized carbons (Fsp3) is 0.455. The van der Waals surface area contributed by atoms with Crippen molar-refractivity contribution in [3.63, 3.8) is 0 Å². The average Bonchev–Trinajstić information content (AvgIpc) is 2.19. The fourth-order valence-corrected chi connectivity index (χ4v) is 1.03. The van der Waals surface area contributed by atoms with Gasteiger partial charge in [-0.2, -0.15) is 0 Å². The molecule has 0 unspecified atom stereocenters. The zero-order valence-corrected chi connectivity index (χ0v) is 8.23. The lowest BCUT2D eigenvalue weighted by atomic mass is 10.2. The number of benzene rings is 1. The molecule has 77 valence electrons. The van der Waals surface area contributed by atoms with Crippen LogP contribution in [0.3, 0.4) is 0 Å². The third kappa shape index (κ3) is 3.36. The second-order valence-corrected chi connectivity index (χ2v) is 3.25. The van der Waals surface area contributed by atoms with Gasteiger partial charge in [-0.1, -0.05) is 6.07 Å². The van der Waals surface area contributed by atoms with Gasteiger partial charge >= 0.3 is 0 Å². The molecule has 1 rings (SSSR count). The molecule has 2 N–H and O–H groups in total. The Bertz CT molecular complexity index is 269. The van der Waals surface area contributed by atoms with Gasteiger partial charge in [0.15, 0.2) is 0 Å². The highest BCUT2D eigenvalue weighted by Crippen LogP contribution is 2.12. The first-order valence-corrected chi connectivity index (χ1v) is 4.59. The fourth-order valence-electron chi connectivity index (χ4n) is 1.03. The molecule has 1 aromatic carbocycles. The summed E-state index contributed by atoms with van der Waals surface area (Å²) in [6.45, 7) is 2.14. The molecule has 3 nitrogen and oxygen atoms in total. The second-order valence-electron chi connectivity index (χ2n) is 3.25. The van der Waals surface area contributed by atoms with Gasteiger partial charge in [-0.15, -0.1) is 0 Å². The van der Waals surface area contributed by atoms with E-state index in [-0.39, 0.29) is 19.1 Å². The van der Waals surface area contributed by atoms with Crippen molar-refractivity contribution in [3.05, 3.63) is 29.8 Å². The van der Waals surface area contributed by atoms with E-state index in [2.05, 4.69) is 6.07 Å². The molecule has 0 fully saturated rings. The van der Waals surface area contributed by atoms with E-state index < -0.39 is 0 Å². The van der Waals surface area contributed by atoms with Crippen molar-refractivity contribution >= 4 is 0 Å². The maximum absolute atomic E-state index is 8.81. The van der Waals surface area contributed by atoms with Crippen LogP contribution in [0.1, 0.15) is 5.56 Å². The quantitative estimate of drug-likeness (QED) is 0.729. The van der Waals surface area contributed by atoms with E-state index in [1.165, 1.54) is 0 Å². The Kier molecular flexibility index (Phi) is 4.43. The van der Waals surface area contributed by atoms with Crippen molar-refractivity contribution in [2.75, 3.05) is 19.8 Å². The van der Waals surface area contributed by atoms with E-state index in [1.807, 2.05) is 13.0 Å². The predicted octanol–water partition coefficient (Wildman–Crippen LogP) is 0.775. The number of hydrogen-bond acceptors (Lipinski definition) is 3. The van der Waals surface area contributed by atoms with Crippen LogP contribution in [0.4, 0.5) is 0 Å². The molecule has 0 aromatic heterocycles. The second kappa shape index (κ2) is 5.62. The molecule has 0 amide bonds. The Morgan fingerprint density at radius 2 is 2.14 bits per heavy atom. The van der Waals surface area contributed by atoms with E-state index in [1.54, 1.807) is 12.1 Å². The van der Waals surface area contributed by atoms with E-state index in [0.717, 1.165) is 11.3 Å². The van der Waals surface area contributed by atoms with Crippen LogP contribution < -0.4 is 4.74 Å². The Labute approximate surface area is 84.0 Å². The molecule has 1 aromatic rings. The van der Waals surface area contributed by atoms with Gasteiger partial charge in [0.1, 0.15) is 5.75 Å². The van der Waals surface area contributed by atoms with Crippen LogP contribution in [-0.4, -0.2) is 30.0 Å². The highest BCUT2D eigenvalue weighted by atomic mass is 16.5. The van der Waals surface area contributed by atoms with Crippen LogP contribution in [0.15, 0.2) is 18.2 Å². The molecule has 0 aliphatic carbocycles. The molecule has 0 spiro atoms. The summed E-state index contributed by atoms with van der Waals surface area (Å²) in [6.07, 6.45) is 0. The minimum Gasteiger partial charge on any atom is -0.493 e. The summed E-state index contributed by atoms with van der Waals surface area (Å²) >= 11 is 0. The number of rotatable bonds is 5. The third-order valence-electron chi connectivity index (χ3n) is 1.92. The zero-order valence-electron chi connectivity index (χ0n) is 8.23. The molecule has 0 bridgehead atoms. The number of aliphatic hydroxyl groups excluding tert-OH is 2. The van der Waals surface area contributed by atoms with Crippen LogP contribution in [0.2, 0.25) is 0 Å². The minimum atomic E-state index is -0.209. The van der Waals surface area contributed by atoms with E-state index in [0.29, 0.717) is 6.61 Å². The molecule has 3 heteroatoms. The lowest BCUT2D eigenvalue weighted by Gasteiger charge is -2.12. The molecular formula is C11H15O3. The van der Waals surface area contributed by atoms with Crippen LogP contribution in [0.5, 0.6) is 5.75 Å². The van der Waals surface area contributed by atoms with Gasteiger partial charge in [0.2, 0.25) is 0 Å². The van der Waals surface area contributed by atoms with Crippen LogP contribution >= 0.6 is 0 Å². The van der Waals surface area contributed by atoms with Crippen molar-refractivity contribution in [2.24, 2.45) is 5.92 Å². The Hall–Kier alpha value is -1.06. The summed E-state index contributed by atoms with van der Waals surface area (Å²) in [4.78, 5) is 0. The number of ether oxygens (including phenoxy) is 1. The van der Waals surface area contributed by atoms with Crippen molar-refractivity contribution < 1.29 is 14.9 Å². The first-order chi connectivity index (χ1) is 6.76. The number of hydrogen-bond donors (Lipinski definition) is 2. The molecule has 0 aliphatic rings. The van der Waals surface area contributed by atoms with Gasteiger partial charge in [-0.05, 0) is 30.7 Å². The SMILES string of the molecule is Cc1[c]ccc(OCC(CO)CO)c1. The van der Waals surface area contributed by atoms with Gasteiger partial charge in [0.05, 0.1) is 19.8 Å². The van der Waals surface area contributed by atoms with Gasteiger partial charge in [-0.3, -0.25) is 0 Å². The molecule has 0 saturated heterocycles. The predicted molar refractivity (Wildman–Crippen MR) is 53.2 cm³/mol. The summed E-state index contributed by atoms with van der Waals surface area (Å²) in [5.41, 5.74) is 1.01. The highest BCUT2D eigenvalue weighted by Gasteiger charge is 2.06. The highest BCUT2D eigenvalue weighted by molar-refractivity contribution is 5.26. The lowest BCUT2D eigenvalue weighted by molar-refractivity contribution is 0.106. The van der Waals surface area contributed by atoms with E-state index in [9.17, 15) is 0 Å². The molecule has 0 saturated carbocycles. The monoisotopic (exact) mass is 195 g/mol. The molecule has 0 heterocycles. The first-order valence-electron chi connectivity index (χ1n) is 4.59. The molecule has 1 radical (unpaired) electrons. The molecule has 14 heavy (non-hydrogen) atoms. The standard InChI is InChI=1S/C11H15O3/c1-9-3-2-4-11(5-9)14-8-10(6-12)7-13/h2,4-5,10,12-13H,6-8H2,1H3. The van der Waals surface area contributed by atoms with Crippen molar-refractivity contribution in [3.8, 4) is 5.75 Å². The smallest absolute Gasteiger partial charge is 0.119 e. The van der Waals surface area contributed by atoms with Crippen molar-refractivity contribution in [1.82, 2.24) is 0 Å². The summed E-state index contributed by atoms with van der Waals surface area (Å²) in [7, 11) is 0. The largest absolute Gasteiger partial charge is 0.493 e. The van der Waals surface area contributed by atoms with Crippen molar-refractivity contribution in [1.29, 1.82) is 0 Å². The van der Waals surface area contributed by atoms with Crippen LogP contribution in [-0.2, 0) is 0 Å². The van der Waals surface area contributed by atoms with E-state index >= 15 is 0 Å². The minimum absolute atomic E-state index is 0.0611. The summed E-state index contributed by atoms with van der Waals surface area (Å²) in [6, 6.07) is 8.47. The molecule has 0 aliphatic heterocycles. The van der Waals surface area contributed by atoms with E-state index in [4.69, 9.17) is 14.9 Å². The Balaban J connectivity index is 2.44. The van der Waals surface area contributed by atoms with Gasteiger partial charge in [0, 0.05) is 5.92 Å². The number of aryl methyl sites for hydroxylation is 1. The summed E-state index contributed by atoms with van der Waals surface area (Å²) < 4.78 is 5.39. The number of aliphatic hydroxyl groups is 2. The maximum atomic E-state index is 8.81. The Morgan fingerprint density at radius 1 is 1.43 bits per heavy atom. The normalized spacial score (nSPS) is 10.6. The molecule has 0 atom stereocenters. The van der Waals surface area contributed by atoms with Gasteiger partial charge < -0.3 is 14.9 Å². The van der Waals surface area contributed by atoms with Crippen LogP contribution in [0.25, 0.3) is 0 Å². The summed E-state index contributed by atoms with van der Waals surface area (Å²) in [5, 5.41) is 17.6.